The molecule has 0 radical (unpaired) electrons. The zero-order valence-electron chi connectivity index (χ0n) is 23.7. The number of hydrogen-bond acceptors (Lipinski definition) is 8. The van der Waals surface area contributed by atoms with Crippen LogP contribution in [0.4, 0.5) is 0 Å². The third-order valence-corrected chi connectivity index (χ3v) is 6.94. The van der Waals surface area contributed by atoms with E-state index in [4.69, 9.17) is 17.2 Å². The highest BCUT2D eigenvalue weighted by Gasteiger charge is 2.31. The molecule has 0 aliphatic rings. The fourth-order valence-electron chi connectivity index (χ4n) is 4.56. The zero-order chi connectivity index (χ0) is 31.4. The molecule has 0 spiro atoms. The molecule has 15 heteroatoms. The first kappa shape index (κ1) is 32.8. The van der Waals surface area contributed by atoms with Gasteiger partial charge in [0.25, 0.3) is 0 Å². The number of rotatable bonds is 18. The third-order valence-electron chi connectivity index (χ3n) is 6.94. The molecule has 0 aliphatic heterocycles. The average molecular weight is 598 g/mol. The summed E-state index contributed by atoms with van der Waals surface area (Å²) in [6, 6.07) is 2.77. The molecule has 43 heavy (non-hydrogen) atoms. The van der Waals surface area contributed by atoms with E-state index < -0.39 is 53.8 Å². The van der Waals surface area contributed by atoms with Crippen molar-refractivity contribution < 1.29 is 29.1 Å². The fourth-order valence-corrected chi connectivity index (χ4v) is 4.56. The van der Waals surface area contributed by atoms with Gasteiger partial charge in [0.05, 0.1) is 12.4 Å². The number of carbonyl (C=O) groups is 5. The number of para-hydroxylation sites is 1. The number of H-pyrrole nitrogens is 2. The fraction of sp³-hybridized carbons (Fsp3) is 0.429. The van der Waals surface area contributed by atoms with Crippen molar-refractivity contribution in [1.29, 1.82) is 0 Å². The Bertz CT molecular complexity index is 1390. The minimum atomic E-state index is -1.29. The van der Waals surface area contributed by atoms with E-state index in [0.717, 1.165) is 16.5 Å². The van der Waals surface area contributed by atoms with Crippen LogP contribution in [0.15, 0.2) is 43.0 Å². The number of imidazole rings is 1. The topological polar surface area (TPSA) is 264 Å². The first-order valence-corrected chi connectivity index (χ1v) is 14.0. The molecule has 4 amide bonds. The van der Waals surface area contributed by atoms with E-state index in [0.29, 0.717) is 25.1 Å². The molecule has 1 aromatic carbocycles. The van der Waals surface area contributed by atoms with Crippen molar-refractivity contribution in [2.45, 2.75) is 69.1 Å². The van der Waals surface area contributed by atoms with Crippen LogP contribution in [0, 0.1) is 0 Å². The Hall–Kier alpha value is -4.76. The number of carbonyl (C=O) groups excluding carboxylic acids is 4. The van der Waals surface area contributed by atoms with Gasteiger partial charge in [0, 0.05) is 48.3 Å². The summed E-state index contributed by atoms with van der Waals surface area (Å²) in [4.78, 5) is 72.8. The van der Waals surface area contributed by atoms with Crippen LogP contribution in [0.3, 0.4) is 0 Å². The normalized spacial score (nSPS) is 13.9. The van der Waals surface area contributed by atoms with Crippen molar-refractivity contribution in [3.63, 3.8) is 0 Å². The van der Waals surface area contributed by atoms with E-state index in [2.05, 4.69) is 30.9 Å². The van der Waals surface area contributed by atoms with Crippen molar-refractivity contribution >= 4 is 40.5 Å². The number of nitrogens with one attached hydrogen (secondary N) is 5. The number of carboxylic acids is 1. The summed E-state index contributed by atoms with van der Waals surface area (Å²) in [5.74, 6) is -3.92. The Morgan fingerprint density at radius 3 is 2.26 bits per heavy atom. The molecule has 0 bridgehead atoms. The highest BCUT2D eigenvalue weighted by molar-refractivity contribution is 5.95. The van der Waals surface area contributed by atoms with Crippen LogP contribution >= 0.6 is 0 Å². The summed E-state index contributed by atoms with van der Waals surface area (Å²) in [6.45, 7) is 0.363. The van der Waals surface area contributed by atoms with Crippen molar-refractivity contribution in [1.82, 2.24) is 30.9 Å². The van der Waals surface area contributed by atoms with E-state index in [1.165, 1.54) is 12.5 Å². The standard InChI is InChI=1S/C28H39N9O6/c29-10-4-3-7-21(26(40)37-23(28(42)43)12-17-14-32-15-34-17)35-27(41)22(36-25(39)19(30)8-9-24(31)38)11-16-13-33-20-6-2-1-5-18(16)20/h1-2,5-6,13-15,19,21-23,33H,3-4,7-12,29-30H2,(H2,31,38)(H,32,34)(H,35,41)(H,36,39)(H,37,40)(H,42,43). The number of benzene rings is 1. The molecular formula is C28H39N9O6. The van der Waals surface area contributed by atoms with Gasteiger partial charge in [-0.1, -0.05) is 18.2 Å². The Morgan fingerprint density at radius 1 is 0.884 bits per heavy atom. The summed E-state index contributed by atoms with van der Waals surface area (Å²) >= 11 is 0. The number of aromatic amines is 2. The molecule has 2 aromatic heterocycles. The second kappa shape index (κ2) is 16.0. The number of aliphatic carboxylic acids is 1. The summed E-state index contributed by atoms with van der Waals surface area (Å²) in [7, 11) is 0. The van der Waals surface area contributed by atoms with Crippen molar-refractivity contribution in [2.24, 2.45) is 17.2 Å². The van der Waals surface area contributed by atoms with Crippen molar-refractivity contribution in [2.75, 3.05) is 6.54 Å². The van der Waals surface area contributed by atoms with Crippen LogP contribution in [0.25, 0.3) is 10.9 Å². The first-order valence-electron chi connectivity index (χ1n) is 14.0. The number of primary amides is 1. The monoisotopic (exact) mass is 597 g/mol. The quantitative estimate of drug-likeness (QED) is 0.0807. The molecule has 232 valence electrons. The van der Waals surface area contributed by atoms with Crippen LogP contribution < -0.4 is 33.2 Å². The van der Waals surface area contributed by atoms with Crippen molar-refractivity contribution in [3.05, 3.63) is 54.2 Å². The zero-order valence-corrected chi connectivity index (χ0v) is 23.7. The van der Waals surface area contributed by atoms with E-state index in [9.17, 15) is 29.1 Å². The third kappa shape index (κ3) is 9.93. The second-order valence-corrected chi connectivity index (χ2v) is 10.3. The maximum Gasteiger partial charge on any atom is 0.326 e. The molecule has 3 rings (SSSR count). The molecular weight excluding hydrogens is 558 g/mol. The van der Waals surface area contributed by atoms with Gasteiger partial charge in [-0.2, -0.15) is 0 Å². The number of unbranched alkanes of at least 4 members (excludes halogenated alkanes) is 1. The van der Waals surface area contributed by atoms with Gasteiger partial charge in [0.1, 0.15) is 18.1 Å². The lowest BCUT2D eigenvalue weighted by Gasteiger charge is -2.25. The van der Waals surface area contributed by atoms with Gasteiger partial charge in [-0.15, -0.1) is 0 Å². The second-order valence-electron chi connectivity index (χ2n) is 10.3. The predicted molar refractivity (Wildman–Crippen MR) is 157 cm³/mol. The maximum atomic E-state index is 13.7. The van der Waals surface area contributed by atoms with Gasteiger partial charge in [-0.05, 0) is 43.9 Å². The lowest BCUT2D eigenvalue weighted by Crippen LogP contribution is -2.57. The number of hydrogen-bond donors (Lipinski definition) is 9. The lowest BCUT2D eigenvalue weighted by atomic mass is 10.0. The molecule has 0 saturated heterocycles. The van der Waals surface area contributed by atoms with Crippen molar-refractivity contribution in [3.8, 4) is 0 Å². The SMILES string of the molecule is NCCCCC(NC(=O)C(Cc1c[nH]c2ccccc12)NC(=O)C(N)CCC(N)=O)C(=O)NC(Cc1cnc[nH]1)C(=O)O. The number of carboxylic acid groups (broad SMARTS) is 1. The summed E-state index contributed by atoms with van der Waals surface area (Å²) in [5.41, 5.74) is 18.8. The van der Waals surface area contributed by atoms with Crippen LogP contribution in [0.1, 0.15) is 43.4 Å². The minimum Gasteiger partial charge on any atom is -0.480 e. The van der Waals surface area contributed by atoms with Gasteiger partial charge >= 0.3 is 5.97 Å². The summed E-state index contributed by atoms with van der Waals surface area (Å²) < 4.78 is 0. The average Bonchev–Trinajstić information content (AvgIpc) is 3.64. The van der Waals surface area contributed by atoms with Gasteiger partial charge in [-0.25, -0.2) is 9.78 Å². The molecule has 3 aromatic rings. The van der Waals surface area contributed by atoms with E-state index in [1.807, 2.05) is 24.3 Å². The van der Waals surface area contributed by atoms with Crippen LogP contribution in [-0.4, -0.2) is 80.4 Å². The first-order chi connectivity index (χ1) is 20.6. The van der Waals surface area contributed by atoms with Gasteiger partial charge < -0.3 is 48.2 Å². The van der Waals surface area contributed by atoms with Gasteiger partial charge in [-0.3, -0.25) is 19.2 Å². The molecule has 0 saturated carbocycles. The Labute approximate surface area is 247 Å². The smallest absolute Gasteiger partial charge is 0.326 e. The highest BCUT2D eigenvalue weighted by atomic mass is 16.4. The van der Waals surface area contributed by atoms with E-state index in [-0.39, 0.29) is 32.1 Å². The van der Waals surface area contributed by atoms with Crippen LogP contribution in [0.5, 0.6) is 0 Å². The number of nitrogens with two attached hydrogens (primary N) is 3. The molecule has 0 fully saturated rings. The van der Waals surface area contributed by atoms with Crippen LogP contribution in [0.2, 0.25) is 0 Å². The molecule has 0 aliphatic carbocycles. The van der Waals surface area contributed by atoms with E-state index in [1.54, 1.807) is 6.20 Å². The maximum absolute atomic E-state index is 13.7. The molecule has 15 nitrogen and oxygen atoms in total. The van der Waals surface area contributed by atoms with E-state index >= 15 is 0 Å². The Morgan fingerprint density at radius 2 is 1.58 bits per heavy atom. The number of aromatic nitrogens is 3. The number of amides is 4. The lowest BCUT2D eigenvalue weighted by molar-refractivity contribution is -0.142. The van der Waals surface area contributed by atoms with Gasteiger partial charge in [0.15, 0.2) is 0 Å². The molecule has 2 heterocycles. The van der Waals surface area contributed by atoms with Crippen LogP contribution in [-0.2, 0) is 36.8 Å². The minimum absolute atomic E-state index is 0.0143. The largest absolute Gasteiger partial charge is 0.480 e. The molecule has 12 N–H and O–H groups in total. The number of nitrogens with zero attached hydrogens (tertiary/aromatic N) is 1. The summed E-state index contributed by atoms with van der Waals surface area (Å²) in [6.07, 6.45) is 5.68. The number of fused-ring (bicyclic) bond motifs is 1. The van der Waals surface area contributed by atoms with Gasteiger partial charge in [0.2, 0.25) is 23.6 Å². The predicted octanol–water partition coefficient (Wildman–Crippen LogP) is -1.06. The summed E-state index contributed by atoms with van der Waals surface area (Å²) in [5, 5.41) is 18.4. The Kier molecular flexibility index (Phi) is 12.2. The Balaban J connectivity index is 1.81. The molecule has 4 unspecified atom stereocenters. The highest BCUT2D eigenvalue weighted by Crippen LogP contribution is 2.19. The molecule has 4 atom stereocenters.